The number of aromatic nitrogens is 4. The van der Waals surface area contributed by atoms with Crippen molar-refractivity contribution in [2.24, 2.45) is 12.2 Å². The number of nitrogens with two attached hydrogens (primary N) is 1. The monoisotopic (exact) mass is 570 g/mol. The van der Waals surface area contributed by atoms with Crippen LogP contribution in [0.25, 0.3) is 0 Å². The van der Waals surface area contributed by atoms with E-state index in [1.807, 2.05) is 0 Å². The maximum absolute atomic E-state index is 13.0. The number of H-pyrrole nitrogens is 1. The van der Waals surface area contributed by atoms with Crippen molar-refractivity contribution in [3.05, 3.63) is 43.2 Å². The molecule has 0 bridgehead atoms. The molecule has 4 heterocycles. The molecule has 0 radical (unpaired) electrons. The lowest BCUT2D eigenvalue weighted by Crippen LogP contribution is -2.70. The highest BCUT2D eigenvalue weighted by Gasteiger charge is 2.54. The second kappa shape index (κ2) is 10.6. The van der Waals surface area contributed by atoms with Gasteiger partial charge in [-0.2, -0.15) is 4.98 Å². The number of fused-ring (bicyclic) bond motifs is 1. The smallest absolute Gasteiger partial charge is 0.449 e. The first-order chi connectivity index (χ1) is 17.6. The number of amides is 2. The van der Waals surface area contributed by atoms with Gasteiger partial charge in [0, 0.05) is 29.5 Å². The summed E-state index contributed by atoms with van der Waals surface area (Å²) in [6, 6.07) is -1.00. The van der Waals surface area contributed by atoms with Gasteiger partial charge in [0.05, 0.1) is 0 Å². The molecule has 0 aromatic carbocycles. The third-order valence-electron chi connectivity index (χ3n) is 4.95. The number of carbonyl (C=O) groups is 3. The summed E-state index contributed by atoms with van der Waals surface area (Å²) in [5, 5.41) is 19.1. The van der Waals surface area contributed by atoms with E-state index in [1.54, 1.807) is 0 Å². The molecule has 4 rings (SSSR count). The Bertz CT molecular complexity index is 1450. The summed E-state index contributed by atoms with van der Waals surface area (Å²) >= 11 is 3.41. The van der Waals surface area contributed by atoms with Crippen LogP contribution < -0.4 is 22.2 Å². The third kappa shape index (κ3) is 5.32. The normalized spacial score (nSPS) is 19.2. The number of nitrogens with zero attached hydrogens (tertiary/aromatic N) is 5. The molecule has 2 atom stereocenters. The Kier molecular flexibility index (Phi) is 7.55. The Morgan fingerprint density at radius 1 is 1.38 bits per heavy atom. The molecule has 16 nitrogen and oxygen atoms in total. The number of aromatic amines is 1. The van der Waals surface area contributed by atoms with Crippen molar-refractivity contribution in [3.8, 4) is 0 Å². The van der Waals surface area contributed by atoms with Gasteiger partial charge in [0.1, 0.15) is 24.2 Å². The zero-order valence-electron chi connectivity index (χ0n) is 19.0. The average Bonchev–Trinajstić information content (AvgIpc) is 3.27. The van der Waals surface area contributed by atoms with Crippen LogP contribution in [0, 0.1) is 0 Å². The van der Waals surface area contributed by atoms with Crippen LogP contribution in [-0.2, 0) is 26.2 Å². The van der Waals surface area contributed by atoms with Crippen LogP contribution in [0.4, 0.5) is 9.93 Å². The van der Waals surface area contributed by atoms with Gasteiger partial charge in [0.15, 0.2) is 16.0 Å². The number of nitrogens with one attached hydrogen (secondary N) is 2. The molecule has 19 heteroatoms. The summed E-state index contributed by atoms with van der Waals surface area (Å²) in [7, 11) is 2.73. The number of rotatable bonds is 8. The number of thioether (sulfide) groups is 2. The summed E-state index contributed by atoms with van der Waals surface area (Å²) in [5.74, 6) is -1.18. The Balaban J connectivity index is 1.52. The van der Waals surface area contributed by atoms with Crippen molar-refractivity contribution < 1.29 is 29.1 Å². The number of anilines is 1. The van der Waals surface area contributed by atoms with E-state index in [9.17, 15) is 29.1 Å². The number of ether oxygens (including phenoxy) is 1. The topological polar surface area (TPSA) is 224 Å². The lowest BCUT2D eigenvalue weighted by molar-refractivity contribution is -0.148. The van der Waals surface area contributed by atoms with E-state index < -0.39 is 40.5 Å². The van der Waals surface area contributed by atoms with Crippen LogP contribution in [0.3, 0.4) is 0 Å². The van der Waals surface area contributed by atoms with E-state index in [0.717, 1.165) is 28.0 Å². The van der Waals surface area contributed by atoms with E-state index >= 15 is 0 Å². The molecule has 196 valence electrons. The molecule has 5 N–H and O–H groups in total. The minimum absolute atomic E-state index is 0.103. The summed E-state index contributed by atoms with van der Waals surface area (Å²) < 4.78 is 6.18. The van der Waals surface area contributed by atoms with Gasteiger partial charge in [0.2, 0.25) is 5.88 Å². The number of aryl methyl sites for hydroxylation is 1. The van der Waals surface area contributed by atoms with Crippen molar-refractivity contribution >= 4 is 63.7 Å². The number of hydrogen-bond donors (Lipinski definition) is 4. The van der Waals surface area contributed by atoms with Crippen LogP contribution in [0.5, 0.6) is 0 Å². The van der Waals surface area contributed by atoms with Crippen molar-refractivity contribution in [3.63, 3.8) is 0 Å². The number of β-lactam (4-membered cyclic amide) rings is 1. The summed E-state index contributed by atoms with van der Waals surface area (Å²) in [5.41, 5.74) is 4.19. The maximum atomic E-state index is 13.0. The summed E-state index contributed by atoms with van der Waals surface area (Å²) in [6.07, 6.45) is -1.63. The van der Waals surface area contributed by atoms with E-state index in [1.165, 1.54) is 36.0 Å². The highest BCUT2D eigenvalue weighted by Crippen LogP contribution is 2.41. The first kappa shape index (κ1) is 26.2. The fraction of sp³-hybridized carbons (Fsp3) is 0.333. The number of nitrogen functional groups attached to an aromatic ring is 1. The molecule has 0 aliphatic carbocycles. The van der Waals surface area contributed by atoms with Gasteiger partial charge < -0.3 is 25.7 Å². The molecule has 2 aliphatic heterocycles. The van der Waals surface area contributed by atoms with E-state index in [0.29, 0.717) is 5.57 Å². The molecule has 2 aromatic heterocycles. The van der Waals surface area contributed by atoms with Gasteiger partial charge >= 0.3 is 17.3 Å². The molecular formula is C18H18N8O8S3. The third-order valence-corrected chi connectivity index (χ3v) is 8.08. The minimum atomic E-state index is -1.63. The number of hydrogen-bond acceptors (Lipinski definition) is 14. The molecule has 0 saturated carbocycles. The number of thiazole rings is 1. The van der Waals surface area contributed by atoms with Gasteiger partial charge in [0.25, 0.3) is 11.8 Å². The number of carboxylic acid groups (broad SMARTS) is 1. The number of oxime groups is 1. The van der Waals surface area contributed by atoms with Gasteiger partial charge in [-0.1, -0.05) is 16.9 Å². The van der Waals surface area contributed by atoms with Crippen molar-refractivity contribution in [1.82, 2.24) is 30.0 Å². The van der Waals surface area contributed by atoms with Crippen LogP contribution in [0.1, 0.15) is 5.69 Å². The van der Waals surface area contributed by atoms with Gasteiger partial charge in [-0.25, -0.2) is 9.78 Å². The SMILES string of the molecule is CON=C(C(=O)NC1C(=O)N2C(OC(=O)O)=C(CSc3nc(=O)c(=O)[nH]n3C)CS[C@@H]12)c1csc(N)n1. The Morgan fingerprint density at radius 2 is 2.14 bits per heavy atom. The zero-order chi connectivity index (χ0) is 26.9. The van der Waals surface area contributed by atoms with E-state index in [2.05, 4.69) is 25.5 Å². The molecule has 1 fully saturated rings. The molecule has 1 unspecified atom stereocenters. The first-order valence-corrected chi connectivity index (χ1v) is 13.0. The molecule has 2 aliphatic rings. The second-order valence-electron chi connectivity index (χ2n) is 7.32. The molecule has 37 heavy (non-hydrogen) atoms. The Labute approximate surface area is 218 Å². The largest absolute Gasteiger partial charge is 0.512 e. The Morgan fingerprint density at radius 3 is 2.78 bits per heavy atom. The van der Waals surface area contributed by atoms with Crippen molar-refractivity contribution in [2.75, 3.05) is 24.3 Å². The molecule has 0 spiro atoms. The Hall–Kier alpha value is -3.84. The molecule has 2 aromatic rings. The van der Waals surface area contributed by atoms with E-state index in [4.69, 9.17) is 15.3 Å². The van der Waals surface area contributed by atoms with Crippen molar-refractivity contribution in [1.29, 1.82) is 0 Å². The van der Waals surface area contributed by atoms with Crippen LogP contribution in [0.2, 0.25) is 0 Å². The molecular weight excluding hydrogens is 552 g/mol. The van der Waals surface area contributed by atoms with Crippen LogP contribution in [-0.4, -0.2) is 83.5 Å². The fourth-order valence-electron chi connectivity index (χ4n) is 3.35. The van der Waals surface area contributed by atoms with Gasteiger partial charge in [-0.05, 0) is 0 Å². The standard InChI is InChI=1S/C18H18N8O8S3/c1-25-17(22-11(28)12(29)23-25)37-4-6-3-35-15-9(13(30)26(15)14(6)34-18(31)32)21-10(27)8(24-33-2)7-5-36-16(19)20-7/h5,9,15H,3-4H2,1-2H3,(H2,19,20)(H,21,27)(H,23,29)(H,31,32)/t9?,15-/m0/s1. The highest BCUT2D eigenvalue weighted by molar-refractivity contribution is 8.01. The maximum Gasteiger partial charge on any atom is 0.512 e. The van der Waals surface area contributed by atoms with Crippen molar-refractivity contribution in [2.45, 2.75) is 16.6 Å². The summed E-state index contributed by atoms with van der Waals surface area (Å²) in [4.78, 5) is 73.7. The zero-order valence-corrected chi connectivity index (χ0v) is 21.4. The lowest BCUT2D eigenvalue weighted by Gasteiger charge is -2.49. The second-order valence-corrected chi connectivity index (χ2v) is 10.3. The predicted molar refractivity (Wildman–Crippen MR) is 132 cm³/mol. The molecule has 2 amide bonds. The van der Waals surface area contributed by atoms with Gasteiger partial charge in [-0.3, -0.25) is 33.9 Å². The number of carbonyl (C=O) groups excluding carboxylic acids is 2. The van der Waals surface area contributed by atoms with Gasteiger partial charge in [-0.15, -0.1) is 23.1 Å². The summed E-state index contributed by atoms with van der Waals surface area (Å²) in [6.45, 7) is 0. The van der Waals surface area contributed by atoms with E-state index in [-0.39, 0.29) is 39.1 Å². The van der Waals surface area contributed by atoms with Crippen LogP contribution in [0.15, 0.2) is 36.7 Å². The first-order valence-electron chi connectivity index (χ1n) is 10.1. The average molecular weight is 571 g/mol. The van der Waals surface area contributed by atoms with Crippen LogP contribution >= 0.6 is 34.9 Å². The lowest BCUT2D eigenvalue weighted by atomic mass is 10.1. The molecule has 1 saturated heterocycles. The highest BCUT2D eigenvalue weighted by atomic mass is 32.2. The minimum Gasteiger partial charge on any atom is -0.449 e. The quantitative estimate of drug-likeness (QED) is 0.0744. The predicted octanol–water partition coefficient (Wildman–Crippen LogP) is -1.04. The fourth-order valence-corrected chi connectivity index (χ4v) is 6.27.